The van der Waals surface area contributed by atoms with Crippen molar-refractivity contribution >= 4 is 47.8 Å². The zero-order valence-electron chi connectivity index (χ0n) is 19.4. The molecule has 0 spiro atoms. The molecule has 185 valence electrons. The number of rotatable bonds is 8. The van der Waals surface area contributed by atoms with Gasteiger partial charge in [0.25, 0.3) is 0 Å². The number of hydrogen-bond donors (Lipinski definition) is 2. The standard InChI is InChI=1S/C25H25AsClN6O3/c27-21-13-19(1-2-22(21)36-15-17-3-8-28-9-4-17)26-24-23-18(5-12-33(23)30-16-29-24)14-32-10-6-20(7-11-32)31-25(34)35/h1-5,8-9,12-13,16,20,31H,6-7,10-11,14-15H2,(H,34,35). The van der Waals surface area contributed by atoms with Crippen molar-refractivity contribution in [3.8, 4) is 5.75 Å². The molecule has 3 aromatic heterocycles. The Morgan fingerprint density at radius 3 is 2.75 bits per heavy atom. The van der Waals surface area contributed by atoms with Crippen LogP contribution < -0.4 is 18.9 Å². The third kappa shape index (κ3) is 5.98. The number of nitrogens with one attached hydrogen (secondary N) is 1. The Morgan fingerprint density at radius 2 is 2.00 bits per heavy atom. The summed E-state index contributed by atoms with van der Waals surface area (Å²) < 4.78 is 9.93. The summed E-state index contributed by atoms with van der Waals surface area (Å²) in [6, 6.07) is 11.9. The number of fused-ring (bicyclic) bond motifs is 1. The van der Waals surface area contributed by atoms with Crippen molar-refractivity contribution in [3.05, 3.63) is 77.5 Å². The van der Waals surface area contributed by atoms with E-state index in [-0.39, 0.29) is 6.04 Å². The first-order valence-corrected chi connectivity index (χ1v) is 13.9. The molecule has 1 aromatic carbocycles. The summed E-state index contributed by atoms with van der Waals surface area (Å²) in [6.07, 6.45) is 7.71. The average Bonchev–Trinajstić information content (AvgIpc) is 3.29. The van der Waals surface area contributed by atoms with Crippen molar-refractivity contribution in [2.75, 3.05) is 13.1 Å². The number of nitrogens with zero attached hydrogens (tertiary/aromatic N) is 5. The summed E-state index contributed by atoms with van der Waals surface area (Å²) in [5.74, 6) is 0.649. The van der Waals surface area contributed by atoms with E-state index in [1.165, 1.54) is 5.56 Å². The molecule has 0 aliphatic carbocycles. The maximum atomic E-state index is 10.9. The van der Waals surface area contributed by atoms with Crippen LogP contribution in [-0.4, -0.2) is 70.6 Å². The van der Waals surface area contributed by atoms with Crippen molar-refractivity contribution in [2.45, 2.75) is 32.0 Å². The zero-order chi connectivity index (χ0) is 24.9. The van der Waals surface area contributed by atoms with Crippen LogP contribution in [0.2, 0.25) is 5.02 Å². The van der Waals surface area contributed by atoms with Gasteiger partial charge in [0.2, 0.25) is 0 Å². The summed E-state index contributed by atoms with van der Waals surface area (Å²) in [7, 11) is 0. The Labute approximate surface area is 220 Å². The Morgan fingerprint density at radius 1 is 1.19 bits per heavy atom. The van der Waals surface area contributed by atoms with E-state index in [0.29, 0.717) is 17.4 Å². The molecule has 1 fully saturated rings. The fourth-order valence-corrected chi connectivity index (χ4v) is 6.90. The van der Waals surface area contributed by atoms with Gasteiger partial charge in [-0.15, -0.1) is 0 Å². The van der Waals surface area contributed by atoms with Crippen LogP contribution in [0.3, 0.4) is 0 Å². The molecule has 1 amide bonds. The number of ether oxygens (including phenoxy) is 1. The van der Waals surface area contributed by atoms with Gasteiger partial charge in [-0.05, 0) is 0 Å². The number of likely N-dealkylation sites (tertiary alicyclic amines) is 1. The van der Waals surface area contributed by atoms with Crippen LogP contribution in [0.25, 0.3) is 5.52 Å². The topological polar surface area (TPSA) is 105 Å². The monoisotopic (exact) mass is 567 g/mol. The number of hydrogen-bond acceptors (Lipinski definition) is 6. The first-order valence-electron chi connectivity index (χ1n) is 11.6. The molecule has 0 saturated carbocycles. The third-order valence-corrected chi connectivity index (χ3v) is 8.67. The molecule has 5 rings (SSSR count). The van der Waals surface area contributed by atoms with Crippen molar-refractivity contribution in [1.82, 2.24) is 29.8 Å². The minimum atomic E-state index is -0.953. The number of benzene rings is 1. The molecule has 1 radical (unpaired) electrons. The van der Waals surface area contributed by atoms with Crippen LogP contribution in [0.1, 0.15) is 24.0 Å². The normalized spacial score (nSPS) is 15.0. The predicted octanol–water partition coefficient (Wildman–Crippen LogP) is 2.24. The molecule has 4 heterocycles. The van der Waals surface area contributed by atoms with Crippen LogP contribution >= 0.6 is 11.6 Å². The number of aromatic nitrogens is 4. The Hall–Kier alpha value is -3.13. The van der Waals surface area contributed by atoms with Gasteiger partial charge in [0.15, 0.2) is 0 Å². The maximum absolute atomic E-state index is 10.9. The van der Waals surface area contributed by atoms with Crippen LogP contribution in [0.5, 0.6) is 5.75 Å². The predicted molar refractivity (Wildman–Crippen MR) is 137 cm³/mol. The number of carbonyl (C=O) groups is 1. The minimum absolute atomic E-state index is 0.0230. The summed E-state index contributed by atoms with van der Waals surface area (Å²) in [4.78, 5) is 21.9. The van der Waals surface area contributed by atoms with Crippen molar-refractivity contribution < 1.29 is 14.6 Å². The fourth-order valence-electron chi connectivity index (χ4n) is 4.30. The molecule has 1 aliphatic heterocycles. The first kappa shape index (κ1) is 24.6. The van der Waals surface area contributed by atoms with E-state index >= 15 is 0 Å². The van der Waals surface area contributed by atoms with Crippen molar-refractivity contribution in [1.29, 1.82) is 0 Å². The third-order valence-electron chi connectivity index (χ3n) is 6.12. The second kappa shape index (κ2) is 11.3. The molecular weight excluding hydrogens is 543 g/mol. The van der Waals surface area contributed by atoms with Gasteiger partial charge in [-0.2, -0.15) is 0 Å². The van der Waals surface area contributed by atoms with Crippen molar-refractivity contribution in [3.63, 3.8) is 0 Å². The van der Waals surface area contributed by atoms with Crippen LogP contribution in [0.4, 0.5) is 4.79 Å². The molecule has 0 unspecified atom stereocenters. The molecule has 4 aromatic rings. The summed E-state index contributed by atoms with van der Waals surface area (Å²) >= 11 is 6.13. The fraction of sp³-hybridized carbons (Fsp3) is 0.280. The molecule has 1 aliphatic rings. The Bertz CT molecular complexity index is 1340. The van der Waals surface area contributed by atoms with Gasteiger partial charge in [-0.3, -0.25) is 0 Å². The average molecular weight is 568 g/mol. The Balaban J connectivity index is 1.28. The second-order valence-corrected chi connectivity index (χ2v) is 11.4. The van der Waals surface area contributed by atoms with Gasteiger partial charge in [0.1, 0.15) is 0 Å². The number of piperidine rings is 1. The quantitative estimate of drug-likeness (QED) is 0.315. The van der Waals surface area contributed by atoms with E-state index in [1.807, 2.05) is 35.0 Å². The van der Waals surface area contributed by atoms with E-state index in [4.69, 9.17) is 21.4 Å². The molecule has 1 saturated heterocycles. The van der Waals surface area contributed by atoms with E-state index < -0.39 is 21.8 Å². The zero-order valence-corrected chi connectivity index (χ0v) is 22.1. The molecule has 0 bridgehead atoms. The summed E-state index contributed by atoms with van der Waals surface area (Å²) in [6.45, 7) is 2.89. The van der Waals surface area contributed by atoms with Crippen LogP contribution in [0.15, 0.2) is 61.3 Å². The van der Waals surface area contributed by atoms with E-state index in [9.17, 15) is 4.79 Å². The van der Waals surface area contributed by atoms with E-state index in [0.717, 1.165) is 52.4 Å². The molecular formula is C25H25AsClN6O3. The SMILES string of the molecule is O=C(O)NC1CCN(Cc2ccn3ncnc([As]c4ccc(OCc5ccncc5)c(Cl)c4)c23)CC1. The Kier molecular flexibility index (Phi) is 7.70. The molecule has 36 heavy (non-hydrogen) atoms. The number of halogens is 1. The second-order valence-electron chi connectivity index (χ2n) is 8.59. The number of pyridine rings is 1. The number of carboxylic acid groups (broad SMARTS) is 1. The van der Waals surface area contributed by atoms with E-state index in [1.54, 1.807) is 18.7 Å². The van der Waals surface area contributed by atoms with Crippen molar-refractivity contribution in [2.24, 2.45) is 0 Å². The number of amides is 1. The molecule has 9 nitrogen and oxygen atoms in total. The van der Waals surface area contributed by atoms with Gasteiger partial charge in [0, 0.05) is 0 Å². The van der Waals surface area contributed by atoms with Gasteiger partial charge in [-0.25, -0.2) is 0 Å². The van der Waals surface area contributed by atoms with Gasteiger partial charge >= 0.3 is 221 Å². The van der Waals surface area contributed by atoms with Gasteiger partial charge in [-0.1, -0.05) is 0 Å². The van der Waals surface area contributed by atoms with Gasteiger partial charge in [0.05, 0.1) is 0 Å². The summed E-state index contributed by atoms with van der Waals surface area (Å²) in [5, 5.41) is 16.5. The molecule has 11 heteroatoms. The molecule has 0 atom stereocenters. The van der Waals surface area contributed by atoms with Crippen LogP contribution in [-0.2, 0) is 13.2 Å². The molecule has 2 N–H and O–H groups in total. The van der Waals surface area contributed by atoms with E-state index in [2.05, 4.69) is 37.4 Å². The summed E-state index contributed by atoms with van der Waals surface area (Å²) in [5.41, 5.74) is 3.24. The van der Waals surface area contributed by atoms with Crippen LogP contribution in [0, 0.1) is 0 Å². The first-order chi connectivity index (χ1) is 17.5. The van der Waals surface area contributed by atoms with Gasteiger partial charge < -0.3 is 0 Å².